The summed E-state index contributed by atoms with van der Waals surface area (Å²) in [6, 6.07) is 0. The summed E-state index contributed by atoms with van der Waals surface area (Å²) in [4.78, 5) is 35.0. The van der Waals surface area contributed by atoms with Gasteiger partial charge in [-0.1, -0.05) is 170 Å². The summed E-state index contributed by atoms with van der Waals surface area (Å²) >= 11 is 0. The average molecular weight is 848 g/mol. The molecule has 0 spiro atoms. The zero-order valence-corrected chi connectivity index (χ0v) is 38.4. The van der Waals surface area contributed by atoms with Crippen molar-refractivity contribution in [1.29, 1.82) is 0 Å². The van der Waals surface area contributed by atoms with Crippen molar-refractivity contribution in [3.8, 4) is 0 Å². The number of hydrogen-bond donors (Lipinski definition) is 2. The van der Waals surface area contributed by atoms with Gasteiger partial charge in [0.25, 0.3) is 0 Å². The highest BCUT2D eigenvalue weighted by molar-refractivity contribution is 7.47. The molecule has 0 aliphatic carbocycles. The third-order valence-electron chi connectivity index (χ3n) is 9.58. The lowest BCUT2D eigenvalue weighted by Gasteiger charge is -2.19. The number of rotatable bonds is 43. The maximum absolute atomic E-state index is 12.6. The Hall–Kier alpha value is -2.55. The Kier molecular flexibility index (Phi) is 43.0. The van der Waals surface area contributed by atoms with Crippen LogP contribution in [0.3, 0.4) is 0 Å². The van der Waals surface area contributed by atoms with Gasteiger partial charge in [0.05, 0.1) is 13.2 Å². The highest BCUT2D eigenvalue weighted by Crippen LogP contribution is 2.43. The van der Waals surface area contributed by atoms with E-state index in [1.807, 2.05) is 0 Å². The van der Waals surface area contributed by atoms with Crippen LogP contribution in [0.5, 0.6) is 0 Å². The fourth-order valence-corrected chi connectivity index (χ4v) is 6.89. The lowest BCUT2D eigenvalue weighted by atomic mass is 10.1. The lowest BCUT2D eigenvalue weighted by molar-refractivity contribution is -0.161. The molecular formula is C49H86NO8P. The van der Waals surface area contributed by atoms with Crippen molar-refractivity contribution in [2.75, 3.05) is 26.4 Å². The predicted molar refractivity (Wildman–Crippen MR) is 247 cm³/mol. The maximum Gasteiger partial charge on any atom is 0.472 e. The molecule has 0 aliphatic rings. The third-order valence-corrected chi connectivity index (χ3v) is 10.6. The molecule has 59 heavy (non-hydrogen) atoms. The van der Waals surface area contributed by atoms with E-state index in [2.05, 4.69) is 86.8 Å². The Labute approximate surface area is 361 Å². The van der Waals surface area contributed by atoms with Crippen LogP contribution < -0.4 is 5.73 Å². The molecule has 0 aromatic carbocycles. The van der Waals surface area contributed by atoms with Crippen LogP contribution in [-0.2, 0) is 32.7 Å². The summed E-state index contributed by atoms with van der Waals surface area (Å²) in [5.41, 5.74) is 5.35. The summed E-state index contributed by atoms with van der Waals surface area (Å²) < 4.78 is 32.8. The first-order valence-corrected chi connectivity index (χ1v) is 24.9. The minimum Gasteiger partial charge on any atom is -0.462 e. The van der Waals surface area contributed by atoms with E-state index >= 15 is 0 Å². The number of allylic oxidation sites excluding steroid dienone is 12. The van der Waals surface area contributed by atoms with Crippen molar-refractivity contribution in [3.05, 3.63) is 72.9 Å². The Balaban J connectivity index is 4.18. The molecule has 0 aromatic heterocycles. The van der Waals surface area contributed by atoms with Crippen molar-refractivity contribution >= 4 is 19.8 Å². The van der Waals surface area contributed by atoms with E-state index in [1.165, 1.54) is 89.9 Å². The minimum atomic E-state index is -4.39. The molecule has 0 aromatic rings. The van der Waals surface area contributed by atoms with Gasteiger partial charge in [0.15, 0.2) is 6.10 Å². The van der Waals surface area contributed by atoms with E-state index in [0.717, 1.165) is 70.6 Å². The van der Waals surface area contributed by atoms with Crippen LogP contribution >= 0.6 is 7.82 Å². The fourth-order valence-electron chi connectivity index (χ4n) is 6.13. The Morgan fingerprint density at radius 2 is 0.932 bits per heavy atom. The zero-order chi connectivity index (χ0) is 43.2. The van der Waals surface area contributed by atoms with Crippen molar-refractivity contribution < 1.29 is 37.6 Å². The van der Waals surface area contributed by atoms with Gasteiger partial charge in [-0.2, -0.15) is 0 Å². The van der Waals surface area contributed by atoms with Crippen LogP contribution in [-0.4, -0.2) is 49.3 Å². The van der Waals surface area contributed by atoms with E-state index in [0.29, 0.717) is 6.42 Å². The van der Waals surface area contributed by atoms with Gasteiger partial charge in [-0.3, -0.25) is 18.6 Å². The van der Waals surface area contributed by atoms with Crippen LogP contribution in [0.25, 0.3) is 0 Å². The topological polar surface area (TPSA) is 134 Å². The quantitative estimate of drug-likeness (QED) is 0.0266. The molecule has 2 unspecified atom stereocenters. The highest BCUT2D eigenvalue weighted by Gasteiger charge is 2.26. The molecule has 0 saturated carbocycles. The number of unbranched alkanes of at least 4 members (excludes halogenated alkanes) is 18. The van der Waals surface area contributed by atoms with Crippen LogP contribution in [0, 0.1) is 0 Å². The predicted octanol–water partition coefficient (Wildman–Crippen LogP) is 13.8. The monoisotopic (exact) mass is 848 g/mol. The fraction of sp³-hybridized carbons (Fsp3) is 0.714. The van der Waals surface area contributed by atoms with Gasteiger partial charge in [-0.25, -0.2) is 4.57 Å². The first-order chi connectivity index (χ1) is 28.8. The number of phosphoric ester groups is 1. The van der Waals surface area contributed by atoms with E-state index in [1.54, 1.807) is 0 Å². The first kappa shape index (κ1) is 56.5. The molecule has 0 fully saturated rings. The van der Waals surface area contributed by atoms with Crippen LogP contribution in [0.4, 0.5) is 0 Å². The SMILES string of the molecule is CC/C=C\C/C=C\C/C=C\C/C=C\C/C=C\CCCCCC(=O)OC(COC(=O)CCCCCCCCCCC/C=C\CCCCCCCC)COP(=O)(O)OCCN. The average Bonchev–Trinajstić information content (AvgIpc) is 3.22. The normalized spacial score (nSPS) is 13.9. The molecule has 0 bridgehead atoms. The largest absolute Gasteiger partial charge is 0.472 e. The number of nitrogens with two attached hydrogens (primary N) is 1. The minimum absolute atomic E-state index is 0.0441. The molecular weight excluding hydrogens is 762 g/mol. The first-order valence-electron chi connectivity index (χ1n) is 23.4. The number of carbonyl (C=O) groups is 2. The molecule has 9 nitrogen and oxygen atoms in total. The molecule has 10 heteroatoms. The van der Waals surface area contributed by atoms with Gasteiger partial charge in [-0.05, 0) is 83.5 Å². The molecule has 0 radical (unpaired) electrons. The smallest absolute Gasteiger partial charge is 0.462 e. The number of ether oxygens (including phenoxy) is 2. The molecule has 0 amide bonds. The molecule has 0 saturated heterocycles. The summed E-state index contributed by atoms with van der Waals surface area (Å²) in [7, 11) is -4.39. The zero-order valence-electron chi connectivity index (χ0n) is 37.5. The van der Waals surface area contributed by atoms with Gasteiger partial charge in [0.1, 0.15) is 6.61 Å². The molecule has 2 atom stereocenters. The molecule has 0 rings (SSSR count). The van der Waals surface area contributed by atoms with E-state index in [-0.39, 0.29) is 32.6 Å². The van der Waals surface area contributed by atoms with Crippen molar-refractivity contribution in [1.82, 2.24) is 0 Å². The molecule has 0 heterocycles. The number of hydrogen-bond acceptors (Lipinski definition) is 8. The molecule has 0 aliphatic heterocycles. The third kappa shape index (κ3) is 44.8. The summed E-state index contributed by atoms with van der Waals surface area (Å²) in [6.45, 7) is 3.57. The van der Waals surface area contributed by atoms with Crippen LogP contribution in [0.2, 0.25) is 0 Å². The van der Waals surface area contributed by atoms with Crippen molar-refractivity contribution in [3.63, 3.8) is 0 Å². The van der Waals surface area contributed by atoms with Crippen LogP contribution in [0.15, 0.2) is 72.9 Å². The molecule has 340 valence electrons. The maximum atomic E-state index is 12.6. The Morgan fingerprint density at radius 3 is 1.42 bits per heavy atom. The van der Waals surface area contributed by atoms with Gasteiger partial charge in [0.2, 0.25) is 0 Å². The van der Waals surface area contributed by atoms with Gasteiger partial charge >= 0.3 is 19.8 Å². The van der Waals surface area contributed by atoms with Gasteiger partial charge in [0, 0.05) is 19.4 Å². The summed E-state index contributed by atoms with van der Waals surface area (Å²) in [6.07, 6.45) is 55.0. The molecule has 3 N–H and O–H groups in total. The number of carbonyl (C=O) groups excluding carboxylic acids is 2. The Morgan fingerprint density at radius 1 is 0.525 bits per heavy atom. The van der Waals surface area contributed by atoms with E-state index in [9.17, 15) is 19.0 Å². The summed E-state index contributed by atoms with van der Waals surface area (Å²) in [5.74, 6) is -0.871. The van der Waals surface area contributed by atoms with E-state index < -0.39 is 32.5 Å². The van der Waals surface area contributed by atoms with Gasteiger partial charge < -0.3 is 20.1 Å². The standard InChI is InChI=1S/C49H86NO8P/c1-3-5-7-9-11-13-15-17-19-21-23-25-27-29-31-33-35-37-39-41-48(51)55-45-47(46-57-59(53,54)56-44-43-50)58-49(52)42-40-38-36-34-32-30-28-26-24-22-20-18-16-14-12-10-8-6-4-2/h6,8,12,14,17-20,24,26,30,32,47H,3-5,7,9-11,13,15-16,21-23,25,27-29,31,33-46,50H2,1-2H3,(H,53,54)/b8-6-,14-12-,19-17-,20-18-,26-24-,32-30-. The second-order valence-corrected chi connectivity index (χ2v) is 16.7. The summed E-state index contributed by atoms with van der Waals surface area (Å²) in [5, 5.41) is 0. The highest BCUT2D eigenvalue weighted by atomic mass is 31.2. The second-order valence-electron chi connectivity index (χ2n) is 15.2. The van der Waals surface area contributed by atoms with Crippen molar-refractivity contribution in [2.24, 2.45) is 5.73 Å². The van der Waals surface area contributed by atoms with Crippen LogP contribution in [0.1, 0.15) is 194 Å². The lowest BCUT2D eigenvalue weighted by Crippen LogP contribution is -2.29. The Bertz CT molecular complexity index is 1190. The number of phosphoric acid groups is 1. The number of esters is 2. The second kappa shape index (κ2) is 45.0. The van der Waals surface area contributed by atoms with Gasteiger partial charge in [-0.15, -0.1) is 0 Å². The van der Waals surface area contributed by atoms with Crippen molar-refractivity contribution in [2.45, 2.75) is 200 Å². The van der Waals surface area contributed by atoms with E-state index in [4.69, 9.17) is 24.3 Å².